The van der Waals surface area contributed by atoms with Gasteiger partial charge < -0.3 is 18.6 Å². The highest BCUT2D eigenvalue weighted by molar-refractivity contribution is 6.05. The number of benzene rings is 2. The van der Waals surface area contributed by atoms with Crippen LogP contribution in [0, 0.1) is 0 Å². The number of ether oxygens (including phenoxy) is 3. The summed E-state index contributed by atoms with van der Waals surface area (Å²) in [5.41, 5.74) is 2.85. The van der Waals surface area contributed by atoms with Gasteiger partial charge in [-0.3, -0.25) is 9.59 Å². The topological polar surface area (TPSA) is 134 Å². The molecule has 4 rings (SSSR count). The van der Waals surface area contributed by atoms with E-state index < -0.39 is 11.9 Å². The Bertz CT molecular complexity index is 1520. The third-order valence-electron chi connectivity index (χ3n) is 5.16. The number of esters is 1. The summed E-state index contributed by atoms with van der Waals surface area (Å²) >= 11 is 0. The van der Waals surface area contributed by atoms with E-state index in [1.54, 1.807) is 48.5 Å². The normalized spacial score (nSPS) is 11.0. The van der Waals surface area contributed by atoms with Crippen LogP contribution in [0.5, 0.6) is 11.5 Å². The Balaban J connectivity index is 1.44. The molecule has 184 valence electrons. The Kier molecular flexibility index (Phi) is 7.10. The van der Waals surface area contributed by atoms with Crippen LogP contribution in [0.2, 0.25) is 0 Å². The van der Waals surface area contributed by atoms with E-state index >= 15 is 0 Å². The number of hydrazone groups is 1. The Morgan fingerprint density at radius 3 is 2.61 bits per heavy atom. The lowest BCUT2D eigenvalue weighted by molar-refractivity contribution is 0.0560. The number of nitrogens with zero attached hydrogens (tertiary/aromatic N) is 3. The molecule has 0 spiro atoms. The summed E-state index contributed by atoms with van der Waals surface area (Å²) in [7, 11) is 4.24. The van der Waals surface area contributed by atoms with Crippen molar-refractivity contribution in [3.8, 4) is 11.5 Å². The lowest BCUT2D eigenvalue weighted by Crippen LogP contribution is -2.27. The van der Waals surface area contributed by atoms with Gasteiger partial charge >= 0.3 is 5.97 Å². The number of fused-ring (bicyclic) bond motifs is 1. The monoisotopic (exact) mass is 490 g/mol. The van der Waals surface area contributed by atoms with Crippen LogP contribution < -0.4 is 20.5 Å². The number of aryl methyl sites for hydroxylation is 1. The van der Waals surface area contributed by atoms with E-state index in [1.165, 1.54) is 33.5 Å². The first-order chi connectivity index (χ1) is 17.4. The van der Waals surface area contributed by atoms with Crippen molar-refractivity contribution in [2.75, 3.05) is 14.2 Å². The molecular weight excluding hydrogens is 468 g/mol. The van der Waals surface area contributed by atoms with Crippen molar-refractivity contribution in [2.24, 2.45) is 12.1 Å². The van der Waals surface area contributed by atoms with Gasteiger partial charge in [-0.1, -0.05) is 18.2 Å². The fourth-order valence-electron chi connectivity index (χ4n) is 3.38. The summed E-state index contributed by atoms with van der Waals surface area (Å²) in [5.74, 6) is 0.249. The maximum atomic E-state index is 12.7. The van der Waals surface area contributed by atoms with E-state index in [4.69, 9.17) is 13.9 Å². The van der Waals surface area contributed by atoms with Crippen molar-refractivity contribution >= 4 is 28.9 Å². The minimum atomic E-state index is -0.574. The van der Waals surface area contributed by atoms with Gasteiger partial charge in [-0.2, -0.15) is 10.2 Å². The van der Waals surface area contributed by atoms with Gasteiger partial charge in [0.2, 0.25) is 5.76 Å². The zero-order valence-electron chi connectivity index (χ0n) is 19.7. The zero-order chi connectivity index (χ0) is 25.7. The summed E-state index contributed by atoms with van der Waals surface area (Å²) in [6, 6.07) is 14.9. The number of carbonyl (C=O) groups is 2. The number of furan rings is 1. The van der Waals surface area contributed by atoms with Crippen molar-refractivity contribution in [1.29, 1.82) is 0 Å². The van der Waals surface area contributed by atoms with Crippen LogP contribution >= 0.6 is 0 Å². The minimum absolute atomic E-state index is 0.0668. The standard InChI is InChI=1S/C25H22N4O7/c1-29-24(31)18-7-5-4-6-17(18)22(28-29)23(30)27-26-13-15-8-10-19(21(12-15)33-2)35-14-16-9-11-20(36-16)25(32)34-3/h4-13H,14H2,1-3H3,(H,27,30)/b26-13+. The molecule has 0 aliphatic carbocycles. The molecule has 4 aromatic rings. The van der Waals surface area contributed by atoms with Crippen molar-refractivity contribution in [3.63, 3.8) is 0 Å². The van der Waals surface area contributed by atoms with Crippen molar-refractivity contribution in [2.45, 2.75) is 6.61 Å². The number of nitrogens with one attached hydrogen (secondary N) is 1. The Labute approximate surface area is 204 Å². The summed E-state index contributed by atoms with van der Waals surface area (Å²) in [6.07, 6.45) is 1.43. The van der Waals surface area contributed by atoms with Gasteiger partial charge in [0.15, 0.2) is 17.2 Å². The Morgan fingerprint density at radius 1 is 1.08 bits per heavy atom. The Hall–Kier alpha value is -4.93. The lowest BCUT2D eigenvalue weighted by atomic mass is 10.1. The van der Waals surface area contributed by atoms with E-state index in [-0.39, 0.29) is 23.6 Å². The highest BCUT2D eigenvalue weighted by Gasteiger charge is 2.15. The predicted molar refractivity (Wildman–Crippen MR) is 129 cm³/mol. The quantitative estimate of drug-likeness (QED) is 0.226. The van der Waals surface area contributed by atoms with Crippen LogP contribution in [-0.4, -0.2) is 42.1 Å². The largest absolute Gasteiger partial charge is 0.493 e. The van der Waals surface area contributed by atoms with Gasteiger partial charge in [-0.05, 0) is 42.0 Å². The molecule has 0 saturated heterocycles. The molecule has 11 nitrogen and oxygen atoms in total. The third-order valence-corrected chi connectivity index (χ3v) is 5.16. The maximum Gasteiger partial charge on any atom is 0.373 e. The van der Waals surface area contributed by atoms with Crippen LogP contribution in [0.3, 0.4) is 0 Å². The van der Waals surface area contributed by atoms with Crippen LogP contribution in [-0.2, 0) is 18.4 Å². The fourth-order valence-corrected chi connectivity index (χ4v) is 3.38. The summed E-state index contributed by atoms with van der Waals surface area (Å²) in [6.45, 7) is 0.0668. The molecule has 36 heavy (non-hydrogen) atoms. The van der Waals surface area contributed by atoms with Gasteiger partial charge in [0.1, 0.15) is 12.4 Å². The first-order valence-corrected chi connectivity index (χ1v) is 10.7. The number of rotatable bonds is 8. The maximum absolute atomic E-state index is 12.7. The van der Waals surface area contributed by atoms with E-state index in [0.717, 1.165) is 4.68 Å². The predicted octanol–water partition coefficient (Wildman–Crippen LogP) is 2.66. The van der Waals surface area contributed by atoms with Crippen LogP contribution in [0.1, 0.15) is 32.4 Å². The second-order valence-corrected chi connectivity index (χ2v) is 7.48. The lowest BCUT2D eigenvalue weighted by Gasteiger charge is -2.10. The summed E-state index contributed by atoms with van der Waals surface area (Å²) in [5, 5.41) is 8.90. The smallest absolute Gasteiger partial charge is 0.373 e. The molecule has 0 saturated carbocycles. The van der Waals surface area contributed by atoms with Crippen LogP contribution in [0.4, 0.5) is 0 Å². The highest BCUT2D eigenvalue weighted by Crippen LogP contribution is 2.28. The SMILES string of the molecule is COC(=O)c1ccc(COc2ccc(/C=N/NC(=O)c3nn(C)c(=O)c4ccccc34)cc2OC)o1. The van der Waals surface area contributed by atoms with Gasteiger partial charge in [0.05, 0.1) is 25.8 Å². The number of aromatic nitrogens is 2. The van der Waals surface area contributed by atoms with E-state index in [9.17, 15) is 14.4 Å². The number of amides is 1. The number of hydrogen-bond acceptors (Lipinski definition) is 9. The molecule has 1 amide bonds. The molecule has 0 bridgehead atoms. The average molecular weight is 490 g/mol. The molecule has 0 atom stereocenters. The van der Waals surface area contributed by atoms with E-state index in [0.29, 0.717) is 33.6 Å². The van der Waals surface area contributed by atoms with E-state index in [2.05, 4.69) is 20.4 Å². The highest BCUT2D eigenvalue weighted by atomic mass is 16.5. The molecule has 2 aromatic carbocycles. The first-order valence-electron chi connectivity index (χ1n) is 10.7. The van der Waals surface area contributed by atoms with Crippen molar-refractivity contribution in [1.82, 2.24) is 15.2 Å². The van der Waals surface area contributed by atoms with Gasteiger partial charge in [-0.15, -0.1) is 0 Å². The Morgan fingerprint density at radius 2 is 1.86 bits per heavy atom. The summed E-state index contributed by atoms with van der Waals surface area (Å²) < 4.78 is 22.2. The van der Waals surface area contributed by atoms with Crippen molar-refractivity contribution in [3.05, 3.63) is 87.7 Å². The molecule has 2 aromatic heterocycles. The second-order valence-electron chi connectivity index (χ2n) is 7.48. The molecule has 0 unspecified atom stereocenters. The minimum Gasteiger partial charge on any atom is -0.493 e. The van der Waals surface area contributed by atoms with Gasteiger partial charge in [0, 0.05) is 12.4 Å². The molecule has 11 heteroatoms. The number of methoxy groups -OCH3 is 2. The first kappa shape index (κ1) is 24.2. The molecule has 0 radical (unpaired) electrons. The average Bonchev–Trinajstić information content (AvgIpc) is 3.38. The van der Waals surface area contributed by atoms with Gasteiger partial charge in [-0.25, -0.2) is 14.9 Å². The molecule has 0 aliphatic rings. The second kappa shape index (κ2) is 10.6. The molecule has 0 aliphatic heterocycles. The molecule has 2 heterocycles. The number of carbonyl (C=O) groups excluding carboxylic acids is 2. The summed E-state index contributed by atoms with van der Waals surface area (Å²) in [4.78, 5) is 36.4. The number of hydrogen-bond donors (Lipinski definition) is 1. The van der Waals surface area contributed by atoms with E-state index in [1.807, 2.05) is 0 Å². The fraction of sp³-hybridized carbons (Fsp3) is 0.160. The zero-order valence-corrected chi connectivity index (χ0v) is 19.7. The molecule has 1 N–H and O–H groups in total. The molecule has 0 fully saturated rings. The third kappa shape index (κ3) is 5.09. The molecular formula is C25H22N4O7. The van der Waals surface area contributed by atoms with Crippen LogP contribution in [0.15, 0.2) is 68.9 Å². The van der Waals surface area contributed by atoms with Crippen LogP contribution in [0.25, 0.3) is 10.8 Å². The van der Waals surface area contributed by atoms with Gasteiger partial charge in [0.25, 0.3) is 11.5 Å². The van der Waals surface area contributed by atoms with Crippen molar-refractivity contribution < 1.29 is 28.2 Å².